The Kier molecular flexibility index (Phi) is 6.37. The first-order valence-electron chi connectivity index (χ1n) is 10.5. The quantitative estimate of drug-likeness (QED) is 0.543. The van der Waals surface area contributed by atoms with E-state index in [2.05, 4.69) is 4.99 Å². The lowest BCUT2D eigenvalue weighted by atomic mass is 9.95. The Morgan fingerprint density at radius 3 is 2.62 bits per heavy atom. The van der Waals surface area contributed by atoms with Gasteiger partial charge in [0.15, 0.2) is 4.80 Å². The zero-order valence-electron chi connectivity index (χ0n) is 18.2. The largest absolute Gasteiger partial charge is 0.494 e. The number of nitrogens with zero attached hydrogens (tertiary/aromatic N) is 2. The molecule has 1 atom stereocenters. The number of ether oxygens (including phenoxy) is 2. The van der Waals surface area contributed by atoms with Crippen LogP contribution < -0.4 is 19.6 Å². The van der Waals surface area contributed by atoms with E-state index in [1.165, 1.54) is 18.4 Å². The van der Waals surface area contributed by atoms with Gasteiger partial charge in [-0.05, 0) is 42.7 Å². The van der Waals surface area contributed by atoms with Crippen molar-refractivity contribution in [1.82, 2.24) is 4.57 Å². The molecule has 0 unspecified atom stereocenters. The Labute approximate surface area is 189 Å². The molecular weight excluding hydrogens is 424 g/mol. The molecule has 0 saturated carbocycles. The molecule has 0 aliphatic carbocycles. The molecule has 7 heteroatoms. The SMILES string of the molecule is CCOc1cccc(/C=c2/sc3n(c2=O)[C@H](c2ccccc2)C(C(=O)OC)=C(CC)N=3)c1. The number of methoxy groups -OCH3 is 1. The smallest absolute Gasteiger partial charge is 0.338 e. The molecule has 0 N–H and O–H groups in total. The number of carbonyl (C=O) groups excluding carboxylic acids is 1. The first-order valence-corrected chi connectivity index (χ1v) is 11.3. The minimum atomic E-state index is -0.591. The van der Waals surface area contributed by atoms with E-state index >= 15 is 0 Å². The predicted molar refractivity (Wildman–Crippen MR) is 124 cm³/mol. The van der Waals surface area contributed by atoms with E-state index in [1.54, 1.807) is 4.57 Å². The summed E-state index contributed by atoms with van der Waals surface area (Å²) in [6.07, 6.45) is 2.39. The minimum absolute atomic E-state index is 0.194. The Balaban J connectivity index is 1.95. The molecule has 1 aromatic heterocycles. The fourth-order valence-electron chi connectivity index (χ4n) is 3.83. The van der Waals surface area contributed by atoms with Gasteiger partial charge in [0.1, 0.15) is 5.75 Å². The number of esters is 1. The number of aromatic nitrogens is 1. The number of hydrogen-bond donors (Lipinski definition) is 0. The molecule has 164 valence electrons. The topological polar surface area (TPSA) is 69.9 Å². The number of carbonyl (C=O) groups is 1. The summed E-state index contributed by atoms with van der Waals surface area (Å²) in [5.41, 5.74) is 2.54. The first kappa shape index (κ1) is 21.8. The third-order valence-corrected chi connectivity index (χ3v) is 6.22. The third kappa shape index (κ3) is 4.03. The highest BCUT2D eigenvalue weighted by atomic mass is 32.1. The van der Waals surface area contributed by atoms with Crippen LogP contribution in [0.3, 0.4) is 0 Å². The monoisotopic (exact) mass is 448 g/mol. The van der Waals surface area contributed by atoms with Crippen LogP contribution in [0.4, 0.5) is 0 Å². The Morgan fingerprint density at radius 1 is 1.16 bits per heavy atom. The first-order chi connectivity index (χ1) is 15.6. The van der Waals surface area contributed by atoms with E-state index in [-0.39, 0.29) is 5.56 Å². The number of allylic oxidation sites excluding steroid dienone is 1. The molecule has 0 radical (unpaired) electrons. The third-order valence-electron chi connectivity index (χ3n) is 5.23. The summed E-state index contributed by atoms with van der Waals surface area (Å²) in [5, 5.41) is 0. The minimum Gasteiger partial charge on any atom is -0.494 e. The van der Waals surface area contributed by atoms with E-state index in [0.717, 1.165) is 16.9 Å². The summed E-state index contributed by atoms with van der Waals surface area (Å²) in [6.45, 7) is 4.44. The van der Waals surface area contributed by atoms with Gasteiger partial charge >= 0.3 is 5.97 Å². The van der Waals surface area contributed by atoms with Crippen molar-refractivity contribution < 1.29 is 14.3 Å². The highest BCUT2D eigenvalue weighted by Gasteiger charge is 2.33. The van der Waals surface area contributed by atoms with Crippen molar-refractivity contribution in [3.05, 3.63) is 96.7 Å². The van der Waals surface area contributed by atoms with Crippen molar-refractivity contribution in [2.75, 3.05) is 13.7 Å². The number of fused-ring (bicyclic) bond motifs is 1. The van der Waals surface area contributed by atoms with Gasteiger partial charge in [0.2, 0.25) is 0 Å². The van der Waals surface area contributed by atoms with E-state index in [0.29, 0.717) is 33.6 Å². The van der Waals surface area contributed by atoms with Crippen LogP contribution in [0.25, 0.3) is 6.08 Å². The lowest BCUT2D eigenvalue weighted by Gasteiger charge is -2.25. The second-order valence-corrected chi connectivity index (χ2v) is 8.21. The van der Waals surface area contributed by atoms with Gasteiger partial charge in [-0.15, -0.1) is 0 Å². The summed E-state index contributed by atoms with van der Waals surface area (Å²) >= 11 is 1.32. The Bertz CT molecular complexity index is 1350. The maximum atomic E-state index is 13.5. The fourth-order valence-corrected chi connectivity index (χ4v) is 4.85. The molecule has 6 nitrogen and oxygen atoms in total. The maximum absolute atomic E-state index is 13.5. The van der Waals surface area contributed by atoms with Crippen LogP contribution in [0.2, 0.25) is 0 Å². The van der Waals surface area contributed by atoms with Gasteiger partial charge in [0.25, 0.3) is 5.56 Å². The van der Waals surface area contributed by atoms with Crippen LogP contribution in [0.5, 0.6) is 5.75 Å². The molecule has 4 rings (SSSR count). The average Bonchev–Trinajstić information content (AvgIpc) is 3.13. The highest BCUT2D eigenvalue weighted by molar-refractivity contribution is 7.07. The van der Waals surface area contributed by atoms with E-state index in [4.69, 9.17) is 9.47 Å². The van der Waals surface area contributed by atoms with Gasteiger partial charge in [-0.1, -0.05) is 60.7 Å². The molecule has 1 aliphatic rings. The van der Waals surface area contributed by atoms with Crippen LogP contribution in [0.1, 0.15) is 37.4 Å². The van der Waals surface area contributed by atoms with Crippen molar-refractivity contribution in [2.24, 2.45) is 4.99 Å². The van der Waals surface area contributed by atoms with Gasteiger partial charge in [0.05, 0.1) is 35.6 Å². The van der Waals surface area contributed by atoms with Crippen LogP contribution in [-0.4, -0.2) is 24.3 Å². The van der Waals surface area contributed by atoms with Crippen LogP contribution >= 0.6 is 11.3 Å². The molecule has 0 amide bonds. The molecule has 2 heterocycles. The van der Waals surface area contributed by atoms with Gasteiger partial charge in [-0.2, -0.15) is 0 Å². The van der Waals surface area contributed by atoms with Crippen LogP contribution in [0, 0.1) is 0 Å². The lowest BCUT2D eigenvalue weighted by Crippen LogP contribution is -2.40. The zero-order valence-corrected chi connectivity index (χ0v) is 19.0. The van der Waals surface area contributed by atoms with E-state index < -0.39 is 12.0 Å². The molecule has 0 spiro atoms. The zero-order chi connectivity index (χ0) is 22.7. The van der Waals surface area contributed by atoms with Crippen molar-refractivity contribution >= 4 is 23.4 Å². The van der Waals surface area contributed by atoms with E-state index in [9.17, 15) is 9.59 Å². The highest BCUT2D eigenvalue weighted by Crippen LogP contribution is 2.31. The normalized spacial score (nSPS) is 15.8. The summed E-state index contributed by atoms with van der Waals surface area (Å²) in [4.78, 5) is 31.5. The van der Waals surface area contributed by atoms with Gasteiger partial charge in [-0.25, -0.2) is 9.79 Å². The average molecular weight is 449 g/mol. The summed E-state index contributed by atoms with van der Waals surface area (Å²) in [6, 6.07) is 16.5. The molecule has 0 fully saturated rings. The van der Waals surface area contributed by atoms with Crippen molar-refractivity contribution in [1.29, 1.82) is 0 Å². The van der Waals surface area contributed by atoms with Crippen LogP contribution in [0.15, 0.2) is 75.7 Å². The summed E-state index contributed by atoms with van der Waals surface area (Å²) < 4.78 is 12.8. The van der Waals surface area contributed by atoms with Crippen molar-refractivity contribution in [2.45, 2.75) is 26.3 Å². The number of benzene rings is 2. The second kappa shape index (κ2) is 9.36. The van der Waals surface area contributed by atoms with Crippen LogP contribution in [-0.2, 0) is 9.53 Å². The molecular formula is C25H24N2O4S. The molecule has 2 aromatic carbocycles. The Morgan fingerprint density at radius 2 is 1.94 bits per heavy atom. The van der Waals surface area contributed by atoms with Gasteiger partial charge in [-0.3, -0.25) is 9.36 Å². The number of hydrogen-bond acceptors (Lipinski definition) is 6. The lowest BCUT2D eigenvalue weighted by molar-refractivity contribution is -0.136. The Hall–Kier alpha value is -3.45. The molecule has 1 aliphatic heterocycles. The van der Waals surface area contributed by atoms with Crippen molar-refractivity contribution in [3.63, 3.8) is 0 Å². The number of thiazole rings is 1. The molecule has 0 saturated heterocycles. The second-order valence-electron chi connectivity index (χ2n) is 7.20. The summed E-state index contributed by atoms with van der Waals surface area (Å²) in [5.74, 6) is 0.274. The maximum Gasteiger partial charge on any atom is 0.338 e. The molecule has 0 bridgehead atoms. The molecule has 32 heavy (non-hydrogen) atoms. The predicted octanol–water partition coefficient (Wildman–Crippen LogP) is 3.20. The number of rotatable bonds is 6. The fraction of sp³-hybridized carbons (Fsp3) is 0.240. The summed E-state index contributed by atoms with van der Waals surface area (Å²) in [7, 11) is 1.35. The van der Waals surface area contributed by atoms with Gasteiger partial charge in [0, 0.05) is 0 Å². The van der Waals surface area contributed by atoms with Gasteiger partial charge < -0.3 is 9.47 Å². The van der Waals surface area contributed by atoms with Crippen molar-refractivity contribution in [3.8, 4) is 5.75 Å². The molecule has 3 aromatic rings. The standard InChI is InChI=1S/C25H24N2O4S/c1-4-19-21(24(29)30-3)22(17-11-7-6-8-12-17)27-23(28)20(32-25(27)26-19)15-16-10-9-13-18(14-16)31-5-2/h6-15,22H,4-5H2,1-3H3/b20-15+/t22-/m1/s1. The van der Waals surface area contributed by atoms with E-state index in [1.807, 2.05) is 74.5 Å².